The van der Waals surface area contributed by atoms with Gasteiger partial charge in [0.2, 0.25) is 5.91 Å². The number of hydrogen-bond acceptors (Lipinski definition) is 9. The summed E-state index contributed by atoms with van der Waals surface area (Å²) in [5.41, 5.74) is -0.956. The molecule has 230 valence electrons. The van der Waals surface area contributed by atoms with Gasteiger partial charge < -0.3 is 29.9 Å². The van der Waals surface area contributed by atoms with Gasteiger partial charge >= 0.3 is 17.9 Å². The molecule has 0 fully saturated rings. The molecule has 13 nitrogen and oxygen atoms in total. The summed E-state index contributed by atoms with van der Waals surface area (Å²) in [6.07, 6.45) is 5.57. The minimum absolute atomic E-state index is 0.0449. The van der Waals surface area contributed by atoms with E-state index in [1.165, 1.54) is 41.5 Å². The van der Waals surface area contributed by atoms with Gasteiger partial charge in [0.05, 0.1) is 23.5 Å². The number of carbonyl (C=O) groups excluding carboxylic acids is 4. The molecule has 0 radical (unpaired) electrons. The number of ketones is 2. The Morgan fingerprint density at radius 1 is 0.875 bits per heavy atom. The van der Waals surface area contributed by atoms with Crippen molar-refractivity contribution in [2.24, 2.45) is 0 Å². The van der Waals surface area contributed by atoms with Gasteiger partial charge in [0.25, 0.3) is 10.1 Å². The molecule has 0 aromatic carbocycles. The number of nitrogens with one attached hydrogen (secondary N) is 1. The summed E-state index contributed by atoms with van der Waals surface area (Å²) in [6, 6.07) is 0. The van der Waals surface area contributed by atoms with Crippen LogP contribution in [0.1, 0.15) is 61.3 Å². The zero-order chi connectivity index (χ0) is 33.1. The van der Waals surface area contributed by atoms with Gasteiger partial charge in [0.15, 0.2) is 0 Å². The van der Waals surface area contributed by atoms with Crippen molar-refractivity contribution in [3.63, 3.8) is 0 Å². The molecule has 0 aromatic rings. The highest BCUT2D eigenvalue weighted by molar-refractivity contribution is 7.85. The summed E-state index contributed by atoms with van der Waals surface area (Å²) < 4.78 is 34.3. The molecule has 4 N–H and O–H groups in total. The van der Waals surface area contributed by atoms with E-state index in [1.807, 2.05) is 6.92 Å². The average Bonchev–Trinajstić information content (AvgIpc) is 2.75. The third-order valence-electron chi connectivity index (χ3n) is 2.79. The summed E-state index contributed by atoms with van der Waals surface area (Å²) in [7, 11) is -4.08. The lowest BCUT2D eigenvalue weighted by atomic mass is 10.1. The number of unbranched alkanes of at least 4 members (excludes halogenated alkanes) is 1. The van der Waals surface area contributed by atoms with Gasteiger partial charge in [-0.15, -0.1) is 0 Å². The molecule has 0 atom stereocenters. The van der Waals surface area contributed by atoms with E-state index in [-0.39, 0.29) is 17.1 Å². The lowest BCUT2D eigenvalue weighted by Gasteiger charge is -2.23. The Labute approximate surface area is 236 Å². The second kappa shape index (κ2) is 26.7. The first-order valence-corrected chi connectivity index (χ1v) is 13.0. The Bertz CT molecular complexity index is 973. The lowest BCUT2D eigenvalue weighted by Crippen LogP contribution is -2.47. The van der Waals surface area contributed by atoms with E-state index in [0.29, 0.717) is 6.61 Å². The molecule has 0 saturated carbocycles. The number of esters is 1. The van der Waals surface area contributed by atoms with Crippen LogP contribution in [0.25, 0.3) is 0 Å². The van der Waals surface area contributed by atoms with Gasteiger partial charge in [0.1, 0.15) is 11.6 Å². The molecule has 14 heteroatoms. The third kappa shape index (κ3) is 59.3. The molecule has 0 aromatic heterocycles. The molecule has 40 heavy (non-hydrogen) atoms. The van der Waals surface area contributed by atoms with Crippen LogP contribution < -0.4 is 5.32 Å². The number of amides is 1. The first-order valence-electron chi connectivity index (χ1n) is 11.4. The van der Waals surface area contributed by atoms with Crippen molar-refractivity contribution >= 4 is 45.5 Å². The lowest BCUT2D eigenvalue weighted by molar-refractivity contribution is -0.138. The van der Waals surface area contributed by atoms with Crippen molar-refractivity contribution in [3.05, 3.63) is 49.6 Å². The monoisotopic (exact) mass is 593 g/mol. The normalized spacial score (nSPS) is 9.60. The molecule has 0 saturated heterocycles. The van der Waals surface area contributed by atoms with E-state index in [0.717, 1.165) is 37.1 Å². The maximum Gasteiger partial charge on any atom is 0.337 e. The van der Waals surface area contributed by atoms with Crippen LogP contribution in [0, 0.1) is 0 Å². The number of aliphatic carboxylic acids is 2. The molecule has 0 bridgehead atoms. The van der Waals surface area contributed by atoms with Gasteiger partial charge in [-0.05, 0) is 60.1 Å². The second-order valence-corrected chi connectivity index (χ2v) is 9.80. The number of ether oxygens (including phenoxy) is 1. The van der Waals surface area contributed by atoms with E-state index in [4.69, 9.17) is 19.5 Å². The topological polar surface area (TPSA) is 219 Å². The minimum Gasteiger partial charge on any atom is -0.478 e. The summed E-state index contributed by atoms with van der Waals surface area (Å²) >= 11 is 0. The molecule has 1 amide bonds. The van der Waals surface area contributed by atoms with Gasteiger partial charge in [-0.1, -0.05) is 33.1 Å². The van der Waals surface area contributed by atoms with Gasteiger partial charge in [-0.25, -0.2) is 14.4 Å². The fourth-order valence-corrected chi connectivity index (χ4v) is 2.50. The van der Waals surface area contributed by atoms with Crippen molar-refractivity contribution in [1.82, 2.24) is 5.32 Å². The Morgan fingerprint density at radius 3 is 1.55 bits per heavy atom. The highest BCUT2D eigenvalue weighted by atomic mass is 32.2. The Morgan fingerprint density at radius 2 is 1.27 bits per heavy atom. The maximum atomic E-state index is 11.1. The molecule has 0 unspecified atom stereocenters. The number of rotatable bonds is 11. The molecule has 0 heterocycles. The predicted molar refractivity (Wildman–Crippen MR) is 151 cm³/mol. The van der Waals surface area contributed by atoms with E-state index in [9.17, 15) is 37.2 Å². The highest BCUT2D eigenvalue weighted by Crippen LogP contribution is 2.05. The molecule has 0 aliphatic rings. The zero-order valence-electron chi connectivity index (χ0n) is 24.2. The molecular weight excluding hydrogens is 550 g/mol. The Balaban J connectivity index is -0.000000143. The maximum absolute atomic E-state index is 11.1. The summed E-state index contributed by atoms with van der Waals surface area (Å²) in [6.45, 7) is 21.0. The van der Waals surface area contributed by atoms with Crippen LogP contribution in [0.15, 0.2) is 49.6 Å². The second-order valence-electron chi connectivity index (χ2n) is 8.35. The minimum atomic E-state index is -4.08. The van der Waals surface area contributed by atoms with E-state index in [1.54, 1.807) is 0 Å². The summed E-state index contributed by atoms with van der Waals surface area (Å²) in [5, 5.41) is 18.2. The molecular formula is C26H43NO12S. The van der Waals surface area contributed by atoms with E-state index < -0.39 is 45.2 Å². The van der Waals surface area contributed by atoms with Crippen LogP contribution in [-0.4, -0.2) is 76.5 Å². The van der Waals surface area contributed by atoms with Crippen molar-refractivity contribution < 1.29 is 56.7 Å². The van der Waals surface area contributed by atoms with Crippen LogP contribution >= 0.6 is 0 Å². The van der Waals surface area contributed by atoms with Crippen molar-refractivity contribution in [3.8, 4) is 0 Å². The van der Waals surface area contributed by atoms with Crippen LogP contribution in [0.5, 0.6) is 0 Å². The number of carbonyl (C=O) groups is 6. The predicted octanol–water partition coefficient (Wildman–Crippen LogP) is 2.93. The molecule has 0 rings (SSSR count). The van der Waals surface area contributed by atoms with Crippen molar-refractivity contribution in [2.75, 3.05) is 12.4 Å². The fraction of sp³-hybridized carbons (Fsp3) is 0.462. The summed E-state index contributed by atoms with van der Waals surface area (Å²) in [5.74, 6) is -3.35. The van der Waals surface area contributed by atoms with Crippen molar-refractivity contribution in [2.45, 2.75) is 66.8 Å². The van der Waals surface area contributed by atoms with Crippen LogP contribution in [-0.2, 0) is 43.6 Å². The van der Waals surface area contributed by atoms with Gasteiger partial charge in [0, 0.05) is 12.2 Å². The smallest absolute Gasteiger partial charge is 0.337 e. The van der Waals surface area contributed by atoms with Crippen LogP contribution in [0.3, 0.4) is 0 Å². The standard InChI is InChI=1S/C10H14O4.C7H13NO4S.C3H4O2.2C3H6O/c1-3-4-7-14-10(13)8(2)5-6-9(11)12;1-4-6(9)8-7(2,3)5-13(10,11)12;1-2-3(4)5;2*1-3(2)4/h5-6H,2-4,7H2,1H3,(H,11,12);4H,1,5H2,2-3H3,(H,8,9)(H,10,11,12);2H,1H2,(H,4,5);2*1-2H3. The van der Waals surface area contributed by atoms with Crippen molar-refractivity contribution in [1.29, 1.82) is 0 Å². The largest absolute Gasteiger partial charge is 0.478 e. The average molecular weight is 594 g/mol. The van der Waals surface area contributed by atoms with E-state index in [2.05, 4.69) is 25.1 Å². The number of carboxylic acids is 2. The Hall–Kier alpha value is -3.91. The fourth-order valence-electron chi connectivity index (χ4n) is 1.52. The number of carboxylic acid groups (broad SMARTS) is 2. The quantitative estimate of drug-likeness (QED) is 0.0893. The molecule has 0 spiro atoms. The highest BCUT2D eigenvalue weighted by Gasteiger charge is 2.25. The SMILES string of the molecule is C=C(C=CC(=O)O)C(=O)OCCCC.C=CC(=O)NC(C)(C)CS(=O)(=O)O.C=CC(=O)O.CC(C)=O.CC(C)=O. The van der Waals surface area contributed by atoms with Gasteiger partial charge in [-0.2, -0.15) is 8.42 Å². The van der Waals surface area contributed by atoms with Crippen LogP contribution in [0.4, 0.5) is 0 Å². The third-order valence-corrected chi connectivity index (χ3v) is 3.87. The Kier molecular flexibility index (Phi) is 30.7. The first-order chi connectivity index (χ1) is 18.0. The summed E-state index contributed by atoms with van der Waals surface area (Å²) in [4.78, 5) is 60.1. The molecule has 0 aliphatic carbocycles. The number of Topliss-reactive ketones (excluding diaryl/α,β-unsaturated/α-hetero) is 2. The number of hydrogen-bond donors (Lipinski definition) is 4. The van der Waals surface area contributed by atoms with Gasteiger partial charge in [-0.3, -0.25) is 9.35 Å². The zero-order valence-corrected chi connectivity index (χ0v) is 25.0. The molecule has 0 aliphatic heterocycles. The first kappa shape index (κ1) is 46.0. The van der Waals surface area contributed by atoms with E-state index >= 15 is 0 Å². The van der Waals surface area contributed by atoms with Crippen LogP contribution in [0.2, 0.25) is 0 Å².